The normalized spacial score (nSPS) is 27.1. The molecule has 14 heavy (non-hydrogen) atoms. The lowest BCUT2D eigenvalue weighted by molar-refractivity contribution is 0.176. The molecule has 1 heteroatoms. The number of hydrogen-bond donors (Lipinski definition) is 0. The summed E-state index contributed by atoms with van der Waals surface area (Å²) in [6.07, 6.45) is 0. The molecule has 0 unspecified atom stereocenters. The standard InChI is InChI=1S/C13H18O/c1-10(2)12-8-14-9-13(12)11-6-4-3-5-7-11/h3-7,10,12-13H,8-9H2,1-2H3/t12-,13-/m0/s1. The van der Waals surface area contributed by atoms with E-state index in [2.05, 4.69) is 44.2 Å². The van der Waals surface area contributed by atoms with Gasteiger partial charge in [0.25, 0.3) is 0 Å². The van der Waals surface area contributed by atoms with Gasteiger partial charge in [-0.05, 0) is 17.4 Å². The Morgan fingerprint density at radius 2 is 1.86 bits per heavy atom. The molecule has 0 radical (unpaired) electrons. The minimum Gasteiger partial charge on any atom is -0.380 e. The highest BCUT2D eigenvalue weighted by atomic mass is 16.5. The third-order valence-corrected chi connectivity index (χ3v) is 3.21. The molecule has 0 spiro atoms. The Bertz CT molecular complexity index is 279. The van der Waals surface area contributed by atoms with E-state index < -0.39 is 0 Å². The first-order valence-electron chi connectivity index (χ1n) is 5.41. The second-order valence-corrected chi connectivity index (χ2v) is 4.46. The molecule has 76 valence electrons. The minimum atomic E-state index is 0.608. The second kappa shape index (κ2) is 4.14. The third-order valence-electron chi connectivity index (χ3n) is 3.21. The maximum Gasteiger partial charge on any atom is 0.0538 e. The predicted octanol–water partition coefficient (Wildman–Crippen LogP) is 3.07. The third kappa shape index (κ3) is 1.83. The molecule has 1 fully saturated rings. The van der Waals surface area contributed by atoms with Crippen LogP contribution in [0.3, 0.4) is 0 Å². The fraction of sp³-hybridized carbons (Fsp3) is 0.538. The molecular weight excluding hydrogens is 172 g/mol. The number of hydrogen-bond acceptors (Lipinski definition) is 1. The summed E-state index contributed by atoms with van der Waals surface area (Å²) >= 11 is 0. The summed E-state index contributed by atoms with van der Waals surface area (Å²) in [5.41, 5.74) is 1.43. The van der Waals surface area contributed by atoms with Crippen molar-refractivity contribution in [3.8, 4) is 0 Å². The topological polar surface area (TPSA) is 9.23 Å². The summed E-state index contributed by atoms with van der Waals surface area (Å²) < 4.78 is 5.59. The van der Waals surface area contributed by atoms with Gasteiger partial charge in [-0.1, -0.05) is 44.2 Å². The van der Waals surface area contributed by atoms with Crippen LogP contribution in [0.5, 0.6) is 0 Å². The van der Waals surface area contributed by atoms with E-state index in [1.807, 2.05) is 0 Å². The van der Waals surface area contributed by atoms with E-state index in [0.29, 0.717) is 17.8 Å². The van der Waals surface area contributed by atoms with Gasteiger partial charge < -0.3 is 4.74 Å². The molecular formula is C13H18O. The Morgan fingerprint density at radius 3 is 2.50 bits per heavy atom. The van der Waals surface area contributed by atoms with Gasteiger partial charge in [0.15, 0.2) is 0 Å². The molecule has 0 bridgehead atoms. The van der Waals surface area contributed by atoms with E-state index in [4.69, 9.17) is 4.74 Å². The van der Waals surface area contributed by atoms with E-state index in [9.17, 15) is 0 Å². The van der Waals surface area contributed by atoms with Gasteiger partial charge in [-0.2, -0.15) is 0 Å². The van der Waals surface area contributed by atoms with Crippen molar-refractivity contribution in [3.05, 3.63) is 35.9 Å². The fourth-order valence-electron chi connectivity index (χ4n) is 2.27. The van der Waals surface area contributed by atoms with Gasteiger partial charge in [0.2, 0.25) is 0 Å². The zero-order valence-corrected chi connectivity index (χ0v) is 8.94. The zero-order chi connectivity index (χ0) is 9.97. The number of benzene rings is 1. The van der Waals surface area contributed by atoms with E-state index in [-0.39, 0.29) is 0 Å². The van der Waals surface area contributed by atoms with Gasteiger partial charge >= 0.3 is 0 Å². The SMILES string of the molecule is CC(C)[C@@H]1COC[C@H]1c1ccccc1. The summed E-state index contributed by atoms with van der Waals surface area (Å²) in [4.78, 5) is 0. The molecule has 1 aliphatic heterocycles. The summed E-state index contributed by atoms with van der Waals surface area (Å²) in [6.45, 7) is 6.40. The second-order valence-electron chi connectivity index (χ2n) is 4.46. The fourth-order valence-corrected chi connectivity index (χ4v) is 2.27. The van der Waals surface area contributed by atoms with Gasteiger partial charge in [-0.25, -0.2) is 0 Å². The Kier molecular flexibility index (Phi) is 2.87. The molecule has 2 rings (SSSR count). The molecule has 0 saturated carbocycles. The van der Waals surface area contributed by atoms with Crippen molar-refractivity contribution >= 4 is 0 Å². The van der Waals surface area contributed by atoms with E-state index in [0.717, 1.165) is 13.2 Å². The minimum absolute atomic E-state index is 0.608. The van der Waals surface area contributed by atoms with Crippen LogP contribution in [-0.4, -0.2) is 13.2 Å². The lowest BCUT2D eigenvalue weighted by atomic mass is 9.82. The smallest absolute Gasteiger partial charge is 0.0538 e. The molecule has 1 heterocycles. The average molecular weight is 190 g/mol. The Hall–Kier alpha value is -0.820. The molecule has 2 atom stereocenters. The molecule has 1 saturated heterocycles. The van der Waals surface area contributed by atoms with Crippen LogP contribution in [0.4, 0.5) is 0 Å². The molecule has 1 aromatic carbocycles. The molecule has 0 aromatic heterocycles. The lowest BCUT2D eigenvalue weighted by Gasteiger charge is -2.21. The van der Waals surface area contributed by atoms with Crippen molar-refractivity contribution in [2.45, 2.75) is 19.8 Å². The van der Waals surface area contributed by atoms with Gasteiger partial charge in [-0.3, -0.25) is 0 Å². The van der Waals surface area contributed by atoms with Crippen LogP contribution in [0, 0.1) is 11.8 Å². The van der Waals surface area contributed by atoms with Crippen molar-refractivity contribution in [1.29, 1.82) is 0 Å². The number of ether oxygens (including phenoxy) is 1. The van der Waals surface area contributed by atoms with Crippen LogP contribution in [0.15, 0.2) is 30.3 Å². The van der Waals surface area contributed by atoms with Crippen molar-refractivity contribution < 1.29 is 4.74 Å². The average Bonchev–Trinajstić information content (AvgIpc) is 2.67. The van der Waals surface area contributed by atoms with E-state index >= 15 is 0 Å². The Labute approximate surface area is 86.1 Å². The monoisotopic (exact) mass is 190 g/mol. The highest BCUT2D eigenvalue weighted by Gasteiger charge is 2.31. The highest BCUT2D eigenvalue weighted by molar-refractivity contribution is 5.21. The van der Waals surface area contributed by atoms with Gasteiger partial charge in [-0.15, -0.1) is 0 Å². The summed E-state index contributed by atoms with van der Waals surface area (Å²) in [5.74, 6) is 2.01. The largest absolute Gasteiger partial charge is 0.380 e. The van der Waals surface area contributed by atoms with Gasteiger partial charge in [0.1, 0.15) is 0 Å². The maximum absolute atomic E-state index is 5.59. The van der Waals surface area contributed by atoms with Crippen LogP contribution in [0.2, 0.25) is 0 Å². The Morgan fingerprint density at radius 1 is 1.14 bits per heavy atom. The van der Waals surface area contributed by atoms with Crippen LogP contribution in [0.1, 0.15) is 25.3 Å². The summed E-state index contributed by atoms with van der Waals surface area (Å²) in [6, 6.07) is 10.7. The maximum atomic E-state index is 5.59. The van der Waals surface area contributed by atoms with Crippen molar-refractivity contribution in [2.75, 3.05) is 13.2 Å². The van der Waals surface area contributed by atoms with Crippen LogP contribution in [-0.2, 0) is 4.74 Å². The first-order valence-corrected chi connectivity index (χ1v) is 5.41. The molecule has 0 N–H and O–H groups in total. The van der Waals surface area contributed by atoms with Crippen LogP contribution < -0.4 is 0 Å². The van der Waals surface area contributed by atoms with Crippen molar-refractivity contribution in [3.63, 3.8) is 0 Å². The molecule has 1 aliphatic rings. The first kappa shape index (κ1) is 9.72. The van der Waals surface area contributed by atoms with Crippen LogP contribution >= 0.6 is 0 Å². The van der Waals surface area contributed by atoms with E-state index in [1.54, 1.807) is 0 Å². The predicted molar refractivity (Wildman–Crippen MR) is 58.3 cm³/mol. The van der Waals surface area contributed by atoms with Gasteiger partial charge in [0, 0.05) is 5.92 Å². The summed E-state index contributed by atoms with van der Waals surface area (Å²) in [7, 11) is 0. The summed E-state index contributed by atoms with van der Waals surface area (Å²) in [5, 5.41) is 0. The first-order chi connectivity index (χ1) is 6.79. The molecule has 1 aromatic rings. The van der Waals surface area contributed by atoms with Crippen LogP contribution in [0.25, 0.3) is 0 Å². The molecule has 1 nitrogen and oxygen atoms in total. The van der Waals surface area contributed by atoms with Crippen molar-refractivity contribution in [2.24, 2.45) is 11.8 Å². The zero-order valence-electron chi connectivity index (χ0n) is 8.94. The van der Waals surface area contributed by atoms with Gasteiger partial charge in [0.05, 0.1) is 13.2 Å². The Balaban J connectivity index is 2.18. The quantitative estimate of drug-likeness (QED) is 0.696. The lowest BCUT2D eigenvalue weighted by Crippen LogP contribution is -2.16. The van der Waals surface area contributed by atoms with Crippen molar-refractivity contribution in [1.82, 2.24) is 0 Å². The number of rotatable bonds is 2. The van der Waals surface area contributed by atoms with E-state index in [1.165, 1.54) is 5.56 Å². The molecule has 0 amide bonds. The molecule has 0 aliphatic carbocycles. The highest BCUT2D eigenvalue weighted by Crippen LogP contribution is 2.35.